The number of carbonyl (C=O) groups is 1. The summed E-state index contributed by atoms with van der Waals surface area (Å²) in [5.41, 5.74) is 6.43. The number of benzene rings is 2. The van der Waals surface area contributed by atoms with Gasteiger partial charge < -0.3 is 15.9 Å². The van der Waals surface area contributed by atoms with Gasteiger partial charge in [0.15, 0.2) is 18.3 Å². The average Bonchev–Trinajstić information content (AvgIpc) is 3.17. The molecule has 3 aromatic rings. The Morgan fingerprint density at radius 2 is 2.00 bits per heavy atom. The Labute approximate surface area is 173 Å². The Morgan fingerprint density at radius 1 is 1.24 bits per heavy atom. The summed E-state index contributed by atoms with van der Waals surface area (Å²) in [6, 6.07) is 16.3. The van der Waals surface area contributed by atoms with E-state index in [1.807, 2.05) is 30.3 Å². The SMILES string of the molecule is CC(C)(NC(=O)c1cccc(Cl)c1)/C(N)=N/OCc1nncn1-c1ccccc1. The van der Waals surface area contributed by atoms with Gasteiger partial charge in [-0.25, -0.2) is 0 Å². The third-order valence-electron chi connectivity index (χ3n) is 4.16. The number of amides is 1. The molecule has 2 aromatic carbocycles. The molecule has 0 saturated heterocycles. The van der Waals surface area contributed by atoms with E-state index in [1.165, 1.54) is 0 Å². The summed E-state index contributed by atoms with van der Waals surface area (Å²) >= 11 is 5.94. The maximum atomic E-state index is 12.4. The van der Waals surface area contributed by atoms with Crippen LogP contribution in [0.3, 0.4) is 0 Å². The first-order valence-electron chi connectivity index (χ1n) is 8.85. The van der Waals surface area contributed by atoms with E-state index in [1.54, 1.807) is 49.0 Å². The summed E-state index contributed by atoms with van der Waals surface area (Å²) in [5.74, 6) is 0.353. The van der Waals surface area contributed by atoms with Crippen LogP contribution in [0.4, 0.5) is 0 Å². The van der Waals surface area contributed by atoms with E-state index >= 15 is 0 Å². The van der Waals surface area contributed by atoms with Crippen LogP contribution in [0.1, 0.15) is 30.0 Å². The van der Waals surface area contributed by atoms with Crippen molar-refractivity contribution in [3.63, 3.8) is 0 Å². The summed E-state index contributed by atoms with van der Waals surface area (Å²) in [6.45, 7) is 3.52. The van der Waals surface area contributed by atoms with E-state index in [4.69, 9.17) is 22.2 Å². The zero-order valence-electron chi connectivity index (χ0n) is 16.0. The molecule has 9 heteroatoms. The van der Waals surface area contributed by atoms with Crippen LogP contribution in [0.25, 0.3) is 5.69 Å². The van der Waals surface area contributed by atoms with E-state index in [0.717, 1.165) is 5.69 Å². The lowest BCUT2D eigenvalue weighted by molar-refractivity contribution is 0.0925. The molecule has 0 bridgehead atoms. The van der Waals surface area contributed by atoms with Crippen molar-refractivity contribution < 1.29 is 9.63 Å². The largest absolute Gasteiger partial charge is 0.386 e. The molecule has 0 radical (unpaired) electrons. The zero-order chi connectivity index (χ0) is 20.9. The van der Waals surface area contributed by atoms with Crippen molar-refractivity contribution in [1.29, 1.82) is 0 Å². The van der Waals surface area contributed by atoms with Crippen LogP contribution in [0.15, 0.2) is 66.1 Å². The Morgan fingerprint density at radius 3 is 2.72 bits per heavy atom. The van der Waals surface area contributed by atoms with Crippen LogP contribution in [-0.2, 0) is 11.4 Å². The van der Waals surface area contributed by atoms with Gasteiger partial charge in [-0.2, -0.15) is 0 Å². The lowest BCUT2D eigenvalue weighted by Crippen LogP contribution is -2.53. The summed E-state index contributed by atoms with van der Waals surface area (Å²) in [6.07, 6.45) is 1.59. The number of aromatic nitrogens is 3. The molecule has 0 aliphatic heterocycles. The first-order valence-corrected chi connectivity index (χ1v) is 9.23. The van der Waals surface area contributed by atoms with Gasteiger partial charge in [0.05, 0.1) is 5.54 Å². The standard InChI is InChI=1S/C20H21ClN6O2/c1-20(2,24-18(28)14-7-6-8-15(21)11-14)19(22)26-29-12-17-25-23-13-27(17)16-9-4-3-5-10-16/h3-11,13H,12H2,1-2H3,(H2,22,26)(H,24,28). The van der Waals surface area contributed by atoms with Gasteiger partial charge in [0.1, 0.15) is 6.33 Å². The normalized spacial score (nSPS) is 11.9. The van der Waals surface area contributed by atoms with Crippen LogP contribution in [0.5, 0.6) is 0 Å². The van der Waals surface area contributed by atoms with E-state index in [0.29, 0.717) is 16.4 Å². The molecule has 0 aliphatic carbocycles. The zero-order valence-corrected chi connectivity index (χ0v) is 16.8. The summed E-state index contributed by atoms with van der Waals surface area (Å²) in [5, 5.41) is 15.2. The molecule has 29 heavy (non-hydrogen) atoms. The minimum absolute atomic E-state index is 0.0634. The number of nitrogens with one attached hydrogen (secondary N) is 1. The van der Waals surface area contributed by atoms with Crippen molar-refractivity contribution in [3.8, 4) is 5.69 Å². The van der Waals surface area contributed by atoms with Gasteiger partial charge >= 0.3 is 0 Å². The number of hydrogen-bond donors (Lipinski definition) is 2. The minimum atomic E-state index is -0.938. The fourth-order valence-electron chi connectivity index (χ4n) is 2.49. The second-order valence-corrected chi connectivity index (χ2v) is 7.23. The number of oxime groups is 1. The number of hydrogen-bond acceptors (Lipinski definition) is 5. The highest BCUT2D eigenvalue weighted by Gasteiger charge is 2.26. The summed E-state index contributed by atoms with van der Waals surface area (Å²) in [7, 11) is 0. The maximum absolute atomic E-state index is 12.4. The number of carbonyl (C=O) groups excluding carboxylic acids is 1. The molecule has 0 spiro atoms. The van der Waals surface area contributed by atoms with E-state index in [-0.39, 0.29) is 18.3 Å². The predicted molar refractivity (Wildman–Crippen MR) is 111 cm³/mol. The molecule has 0 atom stereocenters. The highest BCUT2D eigenvalue weighted by Crippen LogP contribution is 2.13. The molecule has 8 nitrogen and oxygen atoms in total. The van der Waals surface area contributed by atoms with Crippen molar-refractivity contribution in [1.82, 2.24) is 20.1 Å². The average molecular weight is 413 g/mol. The Hall–Kier alpha value is -3.39. The number of nitrogens with two attached hydrogens (primary N) is 1. The first kappa shape index (κ1) is 20.3. The Balaban J connectivity index is 1.64. The van der Waals surface area contributed by atoms with Crippen LogP contribution < -0.4 is 11.1 Å². The van der Waals surface area contributed by atoms with Gasteiger partial charge in [0, 0.05) is 16.3 Å². The molecule has 0 aliphatic rings. The molecule has 1 amide bonds. The number of halogens is 1. The molecule has 1 heterocycles. The summed E-state index contributed by atoms with van der Waals surface area (Å²) in [4.78, 5) is 17.8. The first-order chi connectivity index (χ1) is 13.9. The molecule has 150 valence electrons. The van der Waals surface area contributed by atoms with Gasteiger partial charge in [-0.3, -0.25) is 9.36 Å². The van der Waals surface area contributed by atoms with Crippen LogP contribution in [-0.4, -0.2) is 32.0 Å². The van der Waals surface area contributed by atoms with E-state index in [2.05, 4.69) is 20.7 Å². The van der Waals surface area contributed by atoms with Gasteiger partial charge in [0.2, 0.25) is 0 Å². The smallest absolute Gasteiger partial charge is 0.252 e. The van der Waals surface area contributed by atoms with Gasteiger partial charge in [-0.15, -0.1) is 10.2 Å². The van der Waals surface area contributed by atoms with Crippen molar-refractivity contribution in [2.24, 2.45) is 10.9 Å². The second kappa shape index (κ2) is 8.74. The highest BCUT2D eigenvalue weighted by atomic mass is 35.5. The maximum Gasteiger partial charge on any atom is 0.252 e. The second-order valence-electron chi connectivity index (χ2n) is 6.79. The molecular formula is C20H21ClN6O2. The monoisotopic (exact) mass is 412 g/mol. The highest BCUT2D eigenvalue weighted by molar-refractivity contribution is 6.31. The van der Waals surface area contributed by atoms with Crippen LogP contribution in [0.2, 0.25) is 5.02 Å². The van der Waals surface area contributed by atoms with Crippen molar-refractivity contribution in [2.45, 2.75) is 26.0 Å². The molecule has 1 aromatic heterocycles. The van der Waals surface area contributed by atoms with Gasteiger partial charge in [0.25, 0.3) is 5.91 Å². The molecule has 0 unspecified atom stereocenters. The molecule has 3 rings (SSSR count). The third-order valence-corrected chi connectivity index (χ3v) is 4.40. The van der Waals surface area contributed by atoms with E-state index in [9.17, 15) is 4.79 Å². The molecule has 0 saturated carbocycles. The Bertz CT molecular complexity index is 1020. The van der Waals surface area contributed by atoms with Gasteiger partial charge in [-0.05, 0) is 44.2 Å². The minimum Gasteiger partial charge on any atom is -0.386 e. The number of rotatable bonds is 7. The fourth-order valence-corrected chi connectivity index (χ4v) is 2.68. The van der Waals surface area contributed by atoms with Gasteiger partial charge in [-0.1, -0.05) is 41.0 Å². The molecular weight excluding hydrogens is 392 g/mol. The Kier molecular flexibility index (Phi) is 6.13. The summed E-state index contributed by atoms with van der Waals surface area (Å²) < 4.78 is 1.79. The molecule has 3 N–H and O–H groups in total. The number of amidine groups is 1. The van der Waals surface area contributed by atoms with Crippen LogP contribution in [0, 0.1) is 0 Å². The lowest BCUT2D eigenvalue weighted by atomic mass is 10.0. The number of para-hydroxylation sites is 1. The quantitative estimate of drug-likeness (QED) is 0.352. The third kappa shape index (κ3) is 5.11. The van der Waals surface area contributed by atoms with E-state index < -0.39 is 5.54 Å². The molecule has 0 fully saturated rings. The topological polar surface area (TPSA) is 107 Å². The fraction of sp³-hybridized carbons (Fsp3) is 0.200. The van der Waals surface area contributed by atoms with Crippen molar-refractivity contribution in [3.05, 3.63) is 77.3 Å². The van der Waals surface area contributed by atoms with Crippen LogP contribution >= 0.6 is 11.6 Å². The lowest BCUT2D eigenvalue weighted by Gasteiger charge is -2.25. The number of nitrogens with zero attached hydrogens (tertiary/aromatic N) is 4. The van der Waals surface area contributed by atoms with Crippen molar-refractivity contribution >= 4 is 23.3 Å². The van der Waals surface area contributed by atoms with Crippen molar-refractivity contribution in [2.75, 3.05) is 0 Å². The predicted octanol–water partition coefficient (Wildman–Crippen LogP) is 2.92.